The molecule has 0 aliphatic carbocycles. The monoisotopic (exact) mass is 479 g/mol. The van der Waals surface area contributed by atoms with Gasteiger partial charge >= 0.3 is 0 Å². The zero-order valence-corrected chi connectivity index (χ0v) is 20.4. The number of nitrogens with one attached hydrogen (secondary N) is 1. The predicted octanol–water partition coefficient (Wildman–Crippen LogP) is 4.93. The van der Waals surface area contributed by atoms with E-state index in [1.54, 1.807) is 0 Å². The highest BCUT2D eigenvalue weighted by Gasteiger charge is 2.24. The molecule has 184 valence electrons. The number of hydrogen-bond donors (Lipinski definition) is 1. The largest absolute Gasteiger partial charge is 0.369 e. The molecule has 3 aromatic rings. The molecule has 0 radical (unpaired) electrons. The molecule has 0 amide bonds. The van der Waals surface area contributed by atoms with Crippen LogP contribution < -0.4 is 10.2 Å². The summed E-state index contributed by atoms with van der Waals surface area (Å²) in [4.78, 5) is 12.9. The van der Waals surface area contributed by atoms with Gasteiger partial charge in [-0.05, 0) is 83.9 Å². The first-order chi connectivity index (χ1) is 16.9. The van der Waals surface area contributed by atoms with Gasteiger partial charge in [-0.15, -0.1) is 5.10 Å². The fourth-order valence-electron chi connectivity index (χ4n) is 5.02. The van der Waals surface area contributed by atoms with Gasteiger partial charge in [-0.25, -0.2) is 18.7 Å². The zero-order chi connectivity index (χ0) is 24.5. The number of likely N-dealkylation sites (tertiary alicyclic amines) is 1. The van der Waals surface area contributed by atoms with Crippen LogP contribution in [0.1, 0.15) is 50.3 Å². The van der Waals surface area contributed by atoms with E-state index >= 15 is 4.39 Å². The van der Waals surface area contributed by atoms with E-state index in [2.05, 4.69) is 56.2 Å². The molecule has 0 bridgehead atoms. The lowest BCUT2D eigenvalue weighted by Gasteiger charge is -2.35. The van der Waals surface area contributed by atoms with Crippen LogP contribution in [0.25, 0.3) is 11.3 Å². The first-order valence-electron chi connectivity index (χ1n) is 12.3. The molecule has 4 heterocycles. The van der Waals surface area contributed by atoms with Gasteiger partial charge in [0.1, 0.15) is 11.5 Å². The second-order valence-corrected chi connectivity index (χ2v) is 9.78. The molecule has 0 spiro atoms. The normalized spacial score (nSPS) is 17.0. The van der Waals surface area contributed by atoms with Crippen molar-refractivity contribution >= 4 is 17.5 Å². The summed E-state index contributed by atoms with van der Waals surface area (Å²) in [6.45, 7) is 7.10. The molecule has 0 saturated carbocycles. The maximum atomic E-state index is 15.0. The summed E-state index contributed by atoms with van der Waals surface area (Å²) in [6.07, 6.45) is 4.80. The van der Waals surface area contributed by atoms with Crippen molar-refractivity contribution in [1.82, 2.24) is 25.1 Å². The van der Waals surface area contributed by atoms with E-state index in [1.165, 1.54) is 6.07 Å². The van der Waals surface area contributed by atoms with E-state index in [9.17, 15) is 4.39 Å². The molecular weight excluding hydrogens is 448 g/mol. The topological polar surface area (TPSA) is 70.1 Å². The van der Waals surface area contributed by atoms with Crippen LogP contribution >= 0.6 is 0 Å². The van der Waals surface area contributed by atoms with Crippen molar-refractivity contribution in [3.8, 4) is 11.3 Å². The van der Waals surface area contributed by atoms with Gasteiger partial charge in [0.25, 0.3) is 0 Å². The lowest BCUT2D eigenvalue weighted by molar-refractivity contribution is 0.253. The Hall–Kier alpha value is -3.20. The van der Waals surface area contributed by atoms with E-state index in [1.807, 2.05) is 18.2 Å². The van der Waals surface area contributed by atoms with Gasteiger partial charge in [0.2, 0.25) is 5.95 Å². The Morgan fingerprint density at radius 2 is 1.83 bits per heavy atom. The molecule has 5 rings (SSSR count). The van der Waals surface area contributed by atoms with Crippen LogP contribution in [0.2, 0.25) is 0 Å². The Bertz CT molecular complexity index is 1190. The third-order valence-corrected chi connectivity index (χ3v) is 7.01. The molecule has 7 nitrogen and oxygen atoms in total. The van der Waals surface area contributed by atoms with Crippen molar-refractivity contribution in [2.24, 2.45) is 0 Å². The zero-order valence-electron chi connectivity index (χ0n) is 20.4. The van der Waals surface area contributed by atoms with E-state index in [0.717, 1.165) is 56.5 Å². The van der Waals surface area contributed by atoms with Crippen LogP contribution in [0, 0.1) is 11.6 Å². The molecule has 1 saturated heterocycles. The van der Waals surface area contributed by atoms with Crippen molar-refractivity contribution < 1.29 is 8.78 Å². The third kappa shape index (κ3) is 4.96. The van der Waals surface area contributed by atoms with Gasteiger partial charge in [-0.3, -0.25) is 0 Å². The van der Waals surface area contributed by atoms with Gasteiger partial charge in [-0.2, -0.15) is 5.10 Å². The molecule has 1 fully saturated rings. The average Bonchev–Trinajstić information content (AvgIpc) is 2.86. The van der Waals surface area contributed by atoms with Gasteiger partial charge in [0.05, 0.1) is 11.9 Å². The SMILES string of the molecule is CC(C)N1CCCc2c(F)cc(-c3nc(Nc4ccc(C5CCN(C)CC5)nn4)ncc3F)cc21. The van der Waals surface area contributed by atoms with Crippen molar-refractivity contribution in [3.63, 3.8) is 0 Å². The van der Waals surface area contributed by atoms with E-state index in [0.29, 0.717) is 29.3 Å². The fraction of sp³-hybridized carbons (Fsp3) is 0.462. The molecule has 1 N–H and O–H groups in total. The third-order valence-electron chi connectivity index (χ3n) is 7.01. The summed E-state index contributed by atoms with van der Waals surface area (Å²) >= 11 is 0. The Kier molecular flexibility index (Phi) is 6.60. The lowest BCUT2D eigenvalue weighted by Crippen LogP contribution is -2.35. The number of hydrogen-bond acceptors (Lipinski definition) is 7. The van der Waals surface area contributed by atoms with Crippen LogP contribution in [0.4, 0.5) is 26.2 Å². The molecule has 35 heavy (non-hydrogen) atoms. The molecule has 9 heteroatoms. The highest BCUT2D eigenvalue weighted by atomic mass is 19.1. The molecule has 0 atom stereocenters. The molecule has 0 unspecified atom stereocenters. The molecule has 2 aliphatic heterocycles. The van der Waals surface area contributed by atoms with E-state index < -0.39 is 5.82 Å². The van der Waals surface area contributed by atoms with Crippen LogP contribution in [0.15, 0.2) is 30.5 Å². The van der Waals surface area contributed by atoms with Crippen molar-refractivity contribution in [3.05, 3.63) is 53.4 Å². The number of halogens is 2. The first kappa shape index (κ1) is 23.5. The highest BCUT2D eigenvalue weighted by Crippen LogP contribution is 2.36. The minimum atomic E-state index is -0.606. The van der Waals surface area contributed by atoms with Crippen LogP contribution in [-0.2, 0) is 6.42 Å². The fourth-order valence-corrected chi connectivity index (χ4v) is 5.02. The molecular formula is C26H31F2N7. The quantitative estimate of drug-likeness (QED) is 0.557. The number of rotatable bonds is 5. The molecule has 1 aromatic carbocycles. The van der Waals surface area contributed by atoms with Crippen LogP contribution in [0.5, 0.6) is 0 Å². The highest BCUT2D eigenvalue weighted by molar-refractivity contribution is 5.71. The summed E-state index contributed by atoms with van der Waals surface area (Å²) in [6, 6.07) is 7.23. The Balaban J connectivity index is 1.39. The smallest absolute Gasteiger partial charge is 0.229 e. The number of nitrogens with zero attached hydrogens (tertiary/aromatic N) is 6. The standard InChI is InChI=1S/C26H31F2N7/c1-16(2)35-10-4-5-19-20(27)13-18(14-23(19)35)25-21(28)15-29-26(31-25)30-24-7-6-22(32-33-24)17-8-11-34(3)12-9-17/h6-7,13-17H,4-5,8-12H2,1-3H3,(H,29,30,31,33). The second-order valence-electron chi connectivity index (χ2n) is 9.78. The van der Waals surface area contributed by atoms with Crippen molar-refractivity contribution in [2.45, 2.75) is 51.5 Å². The van der Waals surface area contributed by atoms with Crippen LogP contribution in [-0.4, -0.2) is 57.8 Å². The van der Waals surface area contributed by atoms with E-state index in [-0.39, 0.29) is 23.5 Å². The van der Waals surface area contributed by atoms with E-state index in [4.69, 9.17) is 0 Å². The number of anilines is 3. The lowest BCUT2D eigenvalue weighted by atomic mass is 9.94. The summed E-state index contributed by atoms with van der Waals surface area (Å²) in [7, 11) is 2.13. The van der Waals surface area contributed by atoms with Gasteiger partial charge in [0, 0.05) is 35.3 Å². The molecule has 2 aromatic heterocycles. The van der Waals surface area contributed by atoms with Crippen molar-refractivity contribution in [1.29, 1.82) is 0 Å². The maximum absolute atomic E-state index is 15.0. The van der Waals surface area contributed by atoms with Gasteiger partial charge in [-0.1, -0.05) is 0 Å². The summed E-state index contributed by atoms with van der Waals surface area (Å²) in [5, 5.41) is 11.7. The Labute approximate surface area is 204 Å². The number of benzene rings is 1. The summed E-state index contributed by atoms with van der Waals surface area (Å²) < 4.78 is 29.8. The second kappa shape index (κ2) is 9.81. The minimum absolute atomic E-state index is 0.0504. The van der Waals surface area contributed by atoms with Gasteiger partial charge < -0.3 is 15.1 Å². The summed E-state index contributed by atoms with van der Waals surface area (Å²) in [5.41, 5.74) is 2.91. The summed E-state index contributed by atoms with van der Waals surface area (Å²) in [5.74, 6) is 0.130. The Morgan fingerprint density at radius 1 is 1.03 bits per heavy atom. The first-order valence-corrected chi connectivity index (χ1v) is 12.3. The number of piperidine rings is 1. The maximum Gasteiger partial charge on any atom is 0.229 e. The number of aromatic nitrogens is 4. The molecule has 2 aliphatic rings. The van der Waals surface area contributed by atoms with Crippen molar-refractivity contribution in [2.75, 3.05) is 36.9 Å². The van der Waals surface area contributed by atoms with Crippen LogP contribution in [0.3, 0.4) is 0 Å². The van der Waals surface area contributed by atoms with Gasteiger partial charge in [0.15, 0.2) is 11.6 Å². The Morgan fingerprint density at radius 3 is 2.54 bits per heavy atom. The predicted molar refractivity (Wildman–Crippen MR) is 133 cm³/mol. The minimum Gasteiger partial charge on any atom is -0.369 e. The number of fused-ring (bicyclic) bond motifs is 1. The average molecular weight is 480 g/mol.